The third-order valence-electron chi connectivity index (χ3n) is 4.04. The molecule has 0 radical (unpaired) electrons. The van der Waals surface area contributed by atoms with E-state index in [1.807, 2.05) is 6.07 Å². The molecule has 0 saturated carbocycles. The van der Waals surface area contributed by atoms with Crippen LogP contribution in [0.15, 0.2) is 47.1 Å². The summed E-state index contributed by atoms with van der Waals surface area (Å²) in [4.78, 5) is 21.1. The Kier molecular flexibility index (Phi) is 4.51. The van der Waals surface area contributed by atoms with Gasteiger partial charge in [-0.25, -0.2) is 9.50 Å². The van der Waals surface area contributed by atoms with Crippen LogP contribution in [0.3, 0.4) is 0 Å². The van der Waals surface area contributed by atoms with Gasteiger partial charge in [-0.3, -0.25) is 9.78 Å². The lowest BCUT2D eigenvalue weighted by Crippen LogP contribution is -2.15. The number of aryl methyl sites for hydroxylation is 1. The molecular formula is C18H11BrClF2N5O. The predicted octanol–water partition coefficient (Wildman–Crippen LogP) is 4.89. The van der Waals surface area contributed by atoms with Crippen LogP contribution in [0.4, 0.5) is 14.5 Å². The van der Waals surface area contributed by atoms with Crippen LogP contribution in [0.2, 0.25) is 0 Å². The molecule has 0 saturated heterocycles. The van der Waals surface area contributed by atoms with E-state index in [1.165, 1.54) is 6.07 Å². The highest BCUT2D eigenvalue weighted by Gasteiger charge is 2.32. The second-order valence-corrected chi connectivity index (χ2v) is 7.36. The fourth-order valence-corrected chi connectivity index (χ4v) is 3.42. The third-order valence-corrected chi connectivity index (χ3v) is 4.93. The summed E-state index contributed by atoms with van der Waals surface area (Å²) < 4.78 is 29.1. The van der Waals surface area contributed by atoms with Gasteiger partial charge in [0.1, 0.15) is 5.69 Å². The molecule has 28 heavy (non-hydrogen) atoms. The first-order valence-electron chi connectivity index (χ1n) is 8.03. The maximum Gasteiger partial charge on any atom is 0.364 e. The fraction of sp³-hybridized carbons (Fsp3) is 0.111. The minimum absolute atomic E-state index is 0.0766. The van der Waals surface area contributed by atoms with Crippen molar-refractivity contribution in [3.63, 3.8) is 0 Å². The highest BCUT2D eigenvalue weighted by atomic mass is 79.9. The van der Waals surface area contributed by atoms with Crippen molar-refractivity contribution in [2.75, 3.05) is 5.32 Å². The molecule has 0 aliphatic carbocycles. The molecule has 0 bridgehead atoms. The Morgan fingerprint density at radius 3 is 2.82 bits per heavy atom. The number of fused-ring (bicyclic) bond motifs is 2. The first-order valence-corrected chi connectivity index (χ1v) is 9.20. The number of alkyl halides is 3. The number of pyridine rings is 1. The van der Waals surface area contributed by atoms with Crippen molar-refractivity contribution in [3.05, 3.63) is 64.1 Å². The molecule has 0 aliphatic rings. The summed E-state index contributed by atoms with van der Waals surface area (Å²) in [5.41, 5.74) is 0.833. The van der Waals surface area contributed by atoms with E-state index < -0.39 is 17.0 Å². The fourth-order valence-electron chi connectivity index (χ4n) is 2.84. The summed E-state index contributed by atoms with van der Waals surface area (Å²) in [5.74, 6) is -0.582. The first-order chi connectivity index (χ1) is 13.2. The molecular weight excluding hydrogens is 456 g/mol. The number of hydrogen-bond donors (Lipinski definition) is 1. The molecule has 3 heterocycles. The number of hydrogen-bond acceptors (Lipinski definition) is 4. The maximum absolute atomic E-state index is 13.7. The number of nitrogens with one attached hydrogen (secondary N) is 1. The number of carbonyl (C=O) groups excluding carboxylic acids is 1. The molecule has 6 nitrogen and oxygen atoms in total. The summed E-state index contributed by atoms with van der Waals surface area (Å²) in [6.07, 6.45) is 1.61. The molecule has 0 unspecified atom stereocenters. The predicted molar refractivity (Wildman–Crippen MR) is 105 cm³/mol. The van der Waals surface area contributed by atoms with Crippen LogP contribution in [0.5, 0.6) is 0 Å². The number of carbonyl (C=O) groups is 1. The van der Waals surface area contributed by atoms with Gasteiger partial charge < -0.3 is 5.32 Å². The SMILES string of the molecule is Cc1cc(C(F)(F)Cl)n2nc(C(=O)Nc3ccc(Br)c4cccnc34)cc2n1. The standard InChI is InChI=1S/C18H11BrClF2N5O/c1-9-7-14(18(20,21)22)27-15(24-9)8-13(26-27)17(28)25-12-5-4-11(19)10-3-2-6-23-16(10)12/h2-8H,1H3,(H,25,28). The van der Waals surface area contributed by atoms with Gasteiger partial charge in [0, 0.05) is 27.8 Å². The summed E-state index contributed by atoms with van der Waals surface area (Å²) in [5, 5.41) is 3.84. The maximum atomic E-state index is 13.7. The number of halogens is 4. The zero-order valence-electron chi connectivity index (χ0n) is 14.3. The number of nitrogens with zero attached hydrogens (tertiary/aromatic N) is 4. The van der Waals surface area contributed by atoms with Crippen molar-refractivity contribution >= 4 is 55.7 Å². The lowest BCUT2D eigenvalue weighted by molar-refractivity contribution is 0.0868. The second-order valence-electron chi connectivity index (χ2n) is 6.03. The van der Waals surface area contributed by atoms with E-state index in [0.29, 0.717) is 16.9 Å². The highest BCUT2D eigenvalue weighted by molar-refractivity contribution is 9.10. The number of benzene rings is 1. The van der Waals surface area contributed by atoms with Crippen LogP contribution >= 0.6 is 27.5 Å². The van der Waals surface area contributed by atoms with Crippen LogP contribution < -0.4 is 5.32 Å². The van der Waals surface area contributed by atoms with Crippen LogP contribution in [-0.4, -0.2) is 25.5 Å². The largest absolute Gasteiger partial charge is 0.364 e. The Hall–Kier alpha value is -2.65. The molecule has 0 aliphatic heterocycles. The van der Waals surface area contributed by atoms with Gasteiger partial charge in [-0.05, 0) is 42.8 Å². The van der Waals surface area contributed by atoms with Gasteiger partial charge in [0.05, 0.1) is 11.2 Å². The van der Waals surface area contributed by atoms with Crippen LogP contribution in [0, 0.1) is 6.92 Å². The number of rotatable bonds is 3. The van der Waals surface area contributed by atoms with Gasteiger partial charge in [0.25, 0.3) is 5.91 Å². The Labute approximate surface area is 170 Å². The van der Waals surface area contributed by atoms with E-state index in [0.717, 1.165) is 20.4 Å². The van der Waals surface area contributed by atoms with Crippen LogP contribution in [-0.2, 0) is 5.38 Å². The second kappa shape index (κ2) is 6.75. The molecule has 1 N–H and O–H groups in total. The molecule has 4 rings (SSSR count). The Morgan fingerprint density at radius 2 is 2.07 bits per heavy atom. The van der Waals surface area contributed by atoms with Crippen molar-refractivity contribution in [1.29, 1.82) is 0 Å². The van der Waals surface area contributed by atoms with E-state index in [4.69, 9.17) is 11.6 Å². The normalized spacial score (nSPS) is 11.9. The minimum atomic E-state index is -3.66. The first kappa shape index (κ1) is 18.7. The van der Waals surface area contributed by atoms with E-state index in [-0.39, 0.29) is 11.3 Å². The van der Waals surface area contributed by atoms with Crippen molar-refractivity contribution in [2.45, 2.75) is 12.3 Å². The van der Waals surface area contributed by atoms with Gasteiger partial charge in [0.2, 0.25) is 0 Å². The Bertz CT molecular complexity index is 1240. The van der Waals surface area contributed by atoms with Crippen molar-refractivity contribution < 1.29 is 13.6 Å². The summed E-state index contributed by atoms with van der Waals surface area (Å²) in [7, 11) is 0. The zero-order valence-corrected chi connectivity index (χ0v) is 16.6. The van der Waals surface area contributed by atoms with Crippen LogP contribution in [0.25, 0.3) is 16.6 Å². The van der Waals surface area contributed by atoms with Crippen LogP contribution in [0.1, 0.15) is 21.9 Å². The summed E-state index contributed by atoms with van der Waals surface area (Å²) in [6.45, 7) is 1.55. The molecule has 3 aromatic heterocycles. The monoisotopic (exact) mass is 465 g/mol. The number of amides is 1. The van der Waals surface area contributed by atoms with Crippen molar-refractivity contribution in [3.8, 4) is 0 Å². The summed E-state index contributed by atoms with van der Waals surface area (Å²) in [6, 6.07) is 9.55. The molecule has 1 aromatic carbocycles. The third kappa shape index (κ3) is 3.31. The topological polar surface area (TPSA) is 72.2 Å². The van der Waals surface area contributed by atoms with Gasteiger partial charge in [-0.2, -0.15) is 13.9 Å². The molecule has 0 spiro atoms. The summed E-state index contributed by atoms with van der Waals surface area (Å²) >= 11 is 8.61. The van der Waals surface area contributed by atoms with Crippen molar-refractivity contribution in [2.24, 2.45) is 0 Å². The highest BCUT2D eigenvalue weighted by Crippen LogP contribution is 2.33. The number of aromatic nitrogens is 4. The Morgan fingerprint density at radius 1 is 1.29 bits per heavy atom. The average molecular weight is 467 g/mol. The molecule has 4 aromatic rings. The molecule has 10 heteroatoms. The van der Waals surface area contributed by atoms with Gasteiger partial charge in [0.15, 0.2) is 11.3 Å². The molecule has 142 valence electrons. The van der Waals surface area contributed by atoms with E-state index in [9.17, 15) is 13.6 Å². The lowest BCUT2D eigenvalue weighted by Gasteiger charge is -2.10. The van der Waals surface area contributed by atoms with Gasteiger partial charge in [-0.15, -0.1) is 0 Å². The molecule has 0 atom stereocenters. The Balaban J connectivity index is 1.76. The smallest absolute Gasteiger partial charge is 0.319 e. The molecule has 0 fully saturated rings. The van der Waals surface area contributed by atoms with Gasteiger partial charge in [-0.1, -0.05) is 22.0 Å². The van der Waals surface area contributed by atoms with E-state index in [2.05, 4.69) is 36.3 Å². The van der Waals surface area contributed by atoms with E-state index >= 15 is 0 Å². The number of anilines is 1. The van der Waals surface area contributed by atoms with E-state index in [1.54, 1.807) is 31.3 Å². The zero-order chi connectivity index (χ0) is 20.1. The molecule has 1 amide bonds. The quantitative estimate of drug-likeness (QED) is 0.437. The lowest BCUT2D eigenvalue weighted by atomic mass is 10.2. The average Bonchev–Trinajstić information content (AvgIpc) is 3.06. The van der Waals surface area contributed by atoms with Gasteiger partial charge >= 0.3 is 5.38 Å². The minimum Gasteiger partial charge on any atom is -0.319 e. The van der Waals surface area contributed by atoms with Crippen molar-refractivity contribution in [1.82, 2.24) is 19.6 Å².